The van der Waals surface area contributed by atoms with E-state index in [0.717, 1.165) is 11.1 Å². The van der Waals surface area contributed by atoms with E-state index in [-0.39, 0.29) is 17.1 Å². The monoisotopic (exact) mass is 381 g/mol. The van der Waals surface area contributed by atoms with Crippen molar-refractivity contribution in [3.8, 4) is 0 Å². The number of carbonyl (C=O) groups excluding carboxylic acids is 1. The summed E-state index contributed by atoms with van der Waals surface area (Å²) in [6.07, 6.45) is 0.706. The molecule has 0 bridgehead atoms. The van der Waals surface area contributed by atoms with Crippen molar-refractivity contribution in [3.05, 3.63) is 118 Å². The first-order valence-electron chi connectivity index (χ1n) is 9.69. The van der Waals surface area contributed by atoms with E-state index >= 15 is 0 Å². The van der Waals surface area contributed by atoms with E-state index < -0.39 is 6.04 Å². The molecule has 0 radical (unpaired) electrons. The van der Waals surface area contributed by atoms with Crippen LogP contribution in [0.1, 0.15) is 33.3 Å². The smallest absolute Gasteiger partial charge is 0.290 e. The molecule has 1 aliphatic rings. The van der Waals surface area contributed by atoms with Crippen molar-refractivity contribution in [2.75, 3.05) is 6.54 Å². The van der Waals surface area contributed by atoms with Crippen molar-refractivity contribution in [2.45, 2.75) is 12.5 Å². The third kappa shape index (κ3) is 2.93. The molecule has 0 fully saturated rings. The molecule has 4 nitrogen and oxygen atoms in total. The summed E-state index contributed by atoms with van der Waals surface area (Å²) >= 11 is 0. The molecular weight excluding hydrogens is 362 g/mol. The van der Waals surface area contributed by atoms with Gasteiger partial charge in [0.05, 0.1) is 17.0 Å². The van der Waals surface area contributed by atoms with Crippen molar-refractivity contribution in [3.63, 3.8) is 0 Å². The van der Waals surface area contributed by atoms with E-state index in [9.17, 15) is 9.59 Å². The minimum absolute atomic E-state index is 0.133. The van der Waals surface area contributed by atoms with Gasteiger partial charge in [-0.25, -0.2) is 0 Å². The van der Waals surface area contributed by atoms with E-state index in [2.05, 4.69) is 0 Å². The van der Waals surface area contributed by atoms with Crippen LogP contribution >= 0.6 is 0 Å². The van der Waals surface area contributed by atoms with Gasteiger partial charge in [0.25, 0.3) is 5.91 Å². The molecule has 1 amide bonds. The average molecular weight is 381 g/mol. The van der Waals surface area contributed by atoms with Gasteiger partial charge in [0.1, 0.15) is 5.58 Å². The Morgan fingerprint density at radius 1 is 0.793 bits per heavy atom. The molecule has 1 aliphatic heterocycles. The molecule has 2 heterocycles. The number of benzene rings is 3. The Morgan fingerprint density at radius 3 is 2.21 bits per heavy atom. The third-order valence-electron chi connectivity index (χ3n) is 5.47. The van der Waals surface area contributed by atoms with Crippen LogP contribution in [-0.2, 0) is 6.42 Å². The zero-order valence-corrected chi connectivity index (χ0v) is 15.7. The third-order valence-corrected chi connectivity index (χ3v) is 5.47. The van der Waals surface area contributed by atoms with Crippen LogP contribution in [0.5, 0.6) is 0 Å². The van der Waals surface area contributed by atoms with Gasteiger partial charge in [0, 0.05) is 6.54 Å². The molecule has 0 spiro atoms. The van der Waals surface area contributed by atoms with Crippen molar-refractivity contribution in [1.29, 1.82) is 0 Å². The fraction of sp³-hybridized carbons (Fsp3) is 0.120. The summed E-state index contributed by atoms with van der Waals surface area (Å²) in [6, 6.07) is 26.4. The second kappa shape index (κ2) is 7.06. The summed E-state index contributed by atoms with van der Waals surface area (Å²) in [5.74, 6) is -0.0664. The SMILES string of the molecule is O=C1c2oc3ccccc3c(=O)c2[C@H](c2ccccc2)N1CCc1ccccc1. The minimum Gasteiger partial charge on any atom is -0.450 e. The van der Waals surface area contributed by atoms with Gasteiger partial charge in [-0.15, -0.1) is 0 Å². The molecule has 29 heavy (non-hydrogen) atoms. The summed E-state index contributed by atoms with van der Waals surface area (Å²) in [5, 5.41) is 0.505. The predicted molar refractivity (Wildman–Crippen MR) is 112 cm³/mol. The Labute approximate surface area is 168 Å². The number of hydrogen-bond acceptors (Lipinski definition) is 3. The molecule has 3 aromatic carbocycles. The standard InChI is InChI=1S/C25H19NO3/c27-23-19-13-7-8-14-20(19)29-24-21(23)22(18-11-5-2-6-12-18)26(25(24)28)16-15-17-9-3-1-4-10-17/h1-14,22H,15-16H2/t22-/m0/s1. The molecule has 5 rings (SSSR count). The molecule has 0 saturated heterocycles. The zero-order chi connectivity index (χ0) is 19.8. The van der Waals surface area contributed by atoms with E-state index in [0.29, 0.717) is 29.5 Å². The highest BCUT2D eigenvalue weighted by molar-refractivity contribution is 5.99. The molecule has 4 heteroatoms. The Kier molecular flexibility index (Phi) is 4.24. The van der Waals surface area contributed by atoms with Crippen LogP contribution in [0.25, 0.3) is 11.0 Å². The Morgan fingerprint density at radius 2 is 1.45 bits per heavy atom. The number of amides is 1. The normalized spacial score (nSPS) is 15.7. The van der Waals surface area contributed by atoms with Crippen LogP contribution < -0.4 is 5.43 Å². The number of para-hydroxylation sites is 1. The molecule has 0 saturated carbocycles. The maximum Gasteiger partial charge on any atom is 0.290 e. The lowest BCUT2D eigenvalue weighted by Gasteiger charge is -2.25. The fourth-order valence-electron chi connectivity index (χ4n) is 4.07. The van der Waals surface area contributed by atoms with Crippen molar-refractivity contribution < 1.29 is 9.21 Å². The first-order chi connectivity index (χ1) is 14.2. The van der Waals surface area contributed by atoms with Crippen molar-refractivity contribution >= 4 is 16.9 Å². The topological polar surface area (TPSA) is 50.5 Å². The lowest BCUT2D eigenvalue weighted by atomic mass is 9.98. The lowest BCUT2D eigenvalue weighted by Crippen LogP contribution is -2.31. The van der Waals surface area contributed by atoms with Gasteiger partial charge in [0.15, 0.2) is 5.43 Å². The second-order valence-electron chi connectivity index (χ2n) is 7.22. The summed E-state index contributed by atoms with van der Waals surface area (Å²) in [7, 11) is 0. The van der Waals surface area contributed by atoms with Crippen LogP contribution in [0, 0.1) is 0 Å². The predicted octanol–water partition coefficient (Wildman–Crippen LogP) is 4.58. The van der Waals surface area contributed by atoms with Gasteiger partial charge in [0.2, 0.25) is 5.76 Å². The van der Waals surface area contributed by atoms with Gasteiger partial charge in [-0.2, -0.15) is 0 Å². The second-order valence-corrected chi connectivity index (χ2v) is 7.22. The van der Waals surface area contributed by atoms with Crippen LogP contribution in [0.3, 0.4) is 0 Å². The summed E-state index contributed by atoms with van der Waals surface area (Å²) in [4.78, 5) is 28.4. The summed E-state index contributed by atoms with van der Waals surface area (Å²) < 4.78 is 5.94. The number of nitrogens with zero attached hydrogens (tertiary/aromatic N) is 1. The number of carbonyl (C=O) groups is 1. The molecule has 0 unspecified atom stereocenters. The molecule has 0 aliphatic carbocycles. The Balaban J connectivity index is 1.64. The number of rotatable bonds is 4. The van der Waals surface area contributed by atoms with Crippen molar-refractivity contribution in [1.82, 2.24) is 4.90 Å². The molecular formula is C25H19NO3. The van der Waals surface area contributed by atoms with Gasteiger partial charge in [-0.05, 0) is 29.7 Å². The molecule has 1 atom stereocenters. The summed E-state index contributed by atoms with van der Waals surface area (Å²) in [5.41, 5.74) is 2.81. The minimum atomic E-state index is -0.441. The highest BCUT2D eigenvalue weighted by Gasteiger charge is 2.42. The number of hydrogen-bond donors (Lipinski definition) is 0. The number of fused-ring (bicyclic) bond motifs is 2. The lowest BCUT2D eigenvalue weighted by molar-refractivity contribution is 0.0730. The summed E-state index contributed by atoms with van der Waals surface area (Å²) in [6.45, 7) is 0.502. The highest BCUT2D eigenvalue weighted by atomic mass is 16.3. The largest absolute Gasteiger partial charge is 0.450 e. The van der Waals surface area contributed by atoms with E-state index in [1.807, 2.05) is 66.7 Å². The zero-order valence-electron chi connectivity index (χ0n) is 15.7. The fourth-order valence-corrected chi connectivity index (χ4v) is 4.07. The van der Waals surface area contributed by atoms with Crippen molar-refractivity contribution in [2.24, 2.45) is 0 Å². The highest BCUT2D eigenvalue weighted by Crippen LogP contribution is 2.38. The first-order valence-corrected chi connectivity index (χ1v) is 9.69. The van der Waals surface area contributed by atoms with Gasteiger partial charge >= 0.3 is 0 Å². The van der Waals surface area contributed by atoms with Crippen LogP contribution in [0.2, 0.25) is 0 Å². The Bertz CT molecular complexity index is 1250. The van der Waals surface area contributed by atoms with E-state index in [1.54, 1.807) is 23.1 Å². The first kappa shape index (κ1) is 17.4. The Hall–Kier alpha value is -3.66. The molecule has 4 aromatic rings. The average Bonchev–Trinajstić information content (AvgIpc) is 3.06. The maximum absolute atomic E-state index is 13.3. The van der Waals surface area contributed by atoms with Crippen LogP contribution in [-0.4, -0.2) is 17.4 Å². The van der Waals surface area contributed by atoms with E-state index in [4.69, 9.17) is 4.42 Å². The van der Waals surface area contributed by atoms with Gasteiger partial charge in [-0.3, -0.25) is 9.59 Å². The maximum atomic E-state index is 13.3. The molecule has 142 valence electrons. The molecule has 1 aromatic heterocycles. The van der Waals surface area contributed by atoms with Gasteiger partial charge in [-0.1, -0.05) is 72.8 Å². The van der Waals surface area contributed by atoms with Crippen LogP contribution in [0.4, 0.5) is 0 Å². The van der Waals surface area contributed by atoms with E-state index in [1.165, 1.54) is 0 Å². The quantitative estimate of drug-likeness (QED) is 0.520. The van der Waals surface area contributed by atoms with Crippen LogP contribution in [0.15, 0.2) is 94.1 Å². The van der Waals surface area contributed by atoms with Gasteiger partial charge < -0.3 is 9.32 Å². The molecule has 0 N–H and O–H groups in total.